The lowest BCUT2D eigenvalue weighted by Crippen LogP contribution is -2.49. The zero-order valence-corrected chi connectivity index (χ0v) is 14.4. The number of hydrogen-bond acceptors (Lipinski definition) is 3. The second-order valence-corrected chi connectivity index (χ2v) is 7.01. The second kappa shape index (κ2) is 7.47. The molecule has 0 unspecified atom stereocenters. The van der Waals surface area contributed by atoms with Gasteiger partial charge in [0, 0.05) is 31.4 Å². The highest BCUT2D eigenvalue weighted by molar-refractivity contribution is 5.88. The standard InChI is InChI=1S/C18H23F2NO4/c1-17(2,16(23)24)5-8-21-15(22)18(6-9-25-10-7-18)13-4-3-12(19)11-14(13)20/h3-4,11H,5-10H2,1-2H3,(H,21,22)(H,23,24). The van der Waals surface area contributed by atoms with Crippen LogP contribution < -0.4 is 5.32 Å². The number of amides is 1. The molecular formula is C18H23F2NO4. The van der Waals surface area contributed by atoms with Crippen molar-refractivity contribution in [3.63, 3.8) is 0 Å². The van der Waals surface area contributed by atoms with Crippen molar-refractivity contribution in [3.8, 4) is 0 Å². The summed E-state index contributed by atoms with van der Waals surface area (Å²) in [6, 6.07) is 3.21. The molecule has 2 N–H and O–H groups in total. The molecular weight excluding hydrogens is 332 g/mol. The molecule has 0 bridgehead atoms. The highest BCUT2D eigenvalue weighted by Gasteiger charge is 2.43. The predicted octanol–water partition coefficient (Wildman–Crippen LogP) is 2.63. The molecule has 0 radical (unpaired) electrons. The van der Waals surface area contributed by atoms with E-state index in [1.165, 1.54) is 6.07 Å². The maximum absolute atomic E-state index is 14.3. The van der Waals surface area contributed by atoms with Crippen molar-refractivity contribution in [2.75, 3.05) is 19.8 Å². The monoisotopic (exact) mass is 355 g/mol. The summed E-state index contributed by atoms with van der Waals surface area (Å²) in [5.74, 6) is -2.80. The fourth-order valence-electron chi connectivity index (χ4n) is 2.98. The average molecular weight is 355 g/mol. The van der Waals surface area contributed by atoms with Crippen molar-refractivity contribution in [1.82, 2.24) is 5.32 Å². The normalized spacial score (nSPS) is 17.1. The van der Waals surface area contributed by atoms with Gasteiger partial charge in [0.25, 0.3) is 0 Å². The van der Waals surface area contributed by atoms with Crippen LogP contribution in [0.25, 0.3) is 0 Å². The molecule has 1 fully saturated rings. The van der Waals surface area contributed by atoms with E-state index in [-0.39, 0.29) is 37.3 Å². The first kappa shape index (κ1) is 19.3. The Labute approximate surface area is 145 Å². The summed E-state index contributed by atoms with van der Waals surface area (Å²) in [7, 11) is 0. The van der Waals surface area contributed by atoms with Crippen LogP contribution >= 0.6 is 0 Å². The van der Waals surface area contributed by atoms with E-state index in [0.717, 1.165) is 12.1 Å². The Hall–Kier alpha value is -2.02. The van der Waals surface area contributed by atoms with E-state index >= 15 is 0 Å². The number of carbonyl (C=O) groups excluding carboxylic acids is 1. The smallest absolute Gasteiger partial charge is 0.309 e. The van der Waals surface area contributed by atoms with Crippen LogP contribution in [0, 0.1) is 17.0 Å². The summed E-state index contributed by atoms with van der Waals surface area (Å²) in [5.41, 5.74) is -1.96. The van der Waals surface area contributed by atoms with Gasteiger partial charge in [-0.25, -0.2) is 8.78 Å². The Morgan fingerprint density at radius 3 is 2.48 bits per heavy atom. The number of carboxylic acid groups (broad SMARTS) is 1. The van der Waals surface area contributed by atoms with Gasteiger partial charge in [0.2, 0.25) is 5.91 Å². The van der Waals surface area contributed by atoms with E-state index in [9.17, 15) is 18.4 Å². The van der Waals surface area contributed by atoms with E-state index < -0.39 is 28.4 Å². The Kier molecular flexibility index (Phi) is 5.77. The SMILES string of the molecule is CC(C)(CCNC(=O)C1(c2ccc(F)cc2F)CCOCC1)C(=O)O. The molecule has 0 saturated carbocycles. The molecule has 5 nitrogen and oxygen atoms in total. The van der Waals surface area contributed by atoms with Crippen LogP contribution in [0.1, 0.15) is 38.7 Å². The van der Waals surface area contributed by atoms with Gasteiger partial charge in [-0.15, -0.1) is 0 Å². The molecule has 25 heavy (non-hydrogen) atoms. The highest BCUT2D eigenvalue weighted by Crippen LogP contribution is 2.37. The number of hydrogen-bond donors (Lipinski definition) is 2. The molecule has 2 rings (SSSR count). The van der Waals surface area contributed by atoms with Crippen LogP contribution in [0.4, 0.5) is 8.78 Å². The molecule has 7 heteroatoms. The molecule has 0 aromatic heterocycles. The van der Waals surface area contributed by atoms with Crippen LogP contribution in [0.3, 0.4) is 0 Å². The van der Waals surface area contributed by atoms with E-state index in [1.807, 2.05) is 0 Å². The van der Waals surface area contributed by atoms with Crippen LogP contribution in [0.15, 0.2) is 18.2 Å². The summed E-state index contributed by atoms with van der Waals surface area (Å²) >= 11 is 0. The van der Waals surface area contributed by atoms with Crippen molar-refractivity contribution in [2.45, 2.75) is 38.5 Å². The summed E-state index contributed by atoms with van der Waals surface area (Å²) < 4.78 is 32.8. The number of aliphatic carboxylic acids is 1. The Balaban J connectivity index is 2.19. The van der Waals surface area contributed by atoms with E-state index in [4.69, 9.17) is 9.84 Å². The van der Waals surface area contributed by atoms with Gasteiger partial charge in [-0.3, -0.25) is 9.59 Å². The summed E-state index contributed by atoms with van der Waals surface area (Å²) in [5, 5.41) is 11.9. The van der Waals surface area contributed by atoms with Crippen molar-refractivity contribution >= 4 is 11.9 Å². The molecule has 1 saturated heterocycles. The van der Waals surface area contributed by atoms with Crippen LogP contribution in [0.2, 0.25) is 0 Å². The first-order chi connectivity index (χ1) is 11.7. The fraction of sp³-hybridized carbons (Fsp3) is 0.556. The number of carboxylic acids is 1. The maximum atomic E-state index is 14.3. The third-order valence-corrected chi connectivity index (χ3v) is 4.84. The minimum atomic E-state index is -1.14. The Bertz CT molecular complexity index is 654. The zero-order valence-electron chi connectivity index (χ0n) is 14.4. The number of nitrogens with one attached hydrogen (secondary N) is 1. The maximum Gasteiger partial charge on any atom is 0.309 e. The van der Waals surface area contributed by atoms with Gasteiger partial charge >= 0.3 is 5.97 Å². The van der Waals surface area contributed by atoms with Crippen molar-refractivity contribution in [1.29, 1.82) is 0 Å². The first-order valence-electron chi connectivity index (χ1n) is 8.24. The van der Waals surface area contributed by atoms with E-state index in [1.54, 1.807) is 13.8 Å². The summed E-state index contributed by atoms with van der Waals surface area (Å²) in [6.07, 6.45) is 0.806. The molecule has 138 valence electrons. The molecule has 0 spiro atoms. The van der Waals surface area contributed by atoms with Crippen molar-refractivity contribution < 1.29 is 28.2 Å². The van der Waals surface area contributed by atoms with Gasteiger partial charge < -0.3 is 15.2 Å². The molecule has 1 aliphatic rings. The highest BCUT2D eigenvalue weighted by atomic mass is 19.1. The lowest BCUT2D eigenvalue weighted by atomic mass is 9.73. The van der Waals surface area contributed by atoms with Gasteiger partial charge in [0.15, 0.2) is 0 Å². The predicted molar refractivity (Wildman–Crippen MR) is 87.1 cm³/mol. The number of benzene rings is 1. The van der Waals surface area contributed by atoms with Gasteiger partial charge in [0.1, 0.15) is 11.6 Å². The van der Waals surface area contributed by atoms with Crippen LogP contribution in [0.5, 0.6) is 0 Å². The topological polar surface area (TPSA) is 75.6 Å². The molecule has 1 aromatic rings. The van der Waals surface area contributed by atoms with Gasteiger partial charge in [-0.1, -0.05) is 6.07 Å². The minimum absolute atomic E-state index is 0.146. The van der Waals surface area contributed by atoms with E-state index in [2.05, 4.69) is 5.32 Å². The molecule has 0 aliphatic carbocycles. The van der Waals surface area contributed by atoms with Gasteiger partial charge in [-0.2, -0.15) is 0 Å². The number of rotatable bonds is 6. The molecule has 1 aromatic carbocycles. The number of halogens is 2. The minimum Gasteiger partial charge on any atom is -0.481 e. The lowest BCUT2D eigenvalue weighted by Gasteiger charge is -2.36. The van der Waals surface area contributed by atoms with Gasteiger partial charge in [-0.05, 0) is 39.2 Å². The summed E-state index contributed by atoms with van der Waals surface area (Å²) in [4.78, 5) is 24.0. The van der Waals surface area contributed by atoms with Crippen LogP contribution in [-0.2, 0) is 19.7 Å². The molecule has 1 aliphatic heterocycles. The molecule has 1 heterocycles. The third kappa shape index (κ3) is 4.15. The lowest BCUT2D eigenvalue weighted by molar-refractivity contribution is -0.147. The summed E-state index contributed by atoms with van der Waals surface area (Å²) in [6.45, 7) is 3.90. The van der Waals surface area contributed by atoms with E-state index in [0.29, 0.717) is 13.2 Å². The number of ether oxygens (including phenoxy) is 1. The third-order valence-electron chi connectivity index (χ3n) is 4.84. The van der Waals surface area contributed by atoms with Crippen molar-refractivity contribution in [2.24, 2.45) is 5.41 Å². The number of carbonyl (C=O) groups is 2. The largest absolute Gasteiger partial charge is 0.481 e. The first-order valence-corrected chi connectivity index (χ1v) is 8.24. The average Bonchev–Trinajstić information content (AvgIpc) is 2.55. The zero-order chi connectivity index (χ0) is 18.7. The van der Waals surface area contributed by atoms with Gasteiger partial charge in [0.05, 0.1) is 10.8 Å². The molecule has 1 amide bonds. The quantitative estimate of drug-likeness (QED) is 0.823. The van der Waals surface area contributed by atoms with Crippen molar-refractivity contribution in [3.05, 3.63) is 35.4 Å². The van der Waals surface area contributed by atoms with Crippen LogP contribution in [-0.4, -0.2) is 36.7 Å². The Morgan fingerprint density at radius 2 is 1.92 bits per heavy atom. The Morgan fingerprint density at radius 1 is 1.28 bits per heavy atom. The second-order valence-electron chi connectivity index (χ2n) is 7.01. The molecule has 0 atom stereocenters. The fourth-order valence-corrected chi connectivity index (χ4v) is 2.98.